The summed E-state index contributed by atoms with van der Waals surface area (Å²) in [7, 11) is 0. The molecule has 0 amide bonds. The predicted molar refractivity (Wildman–Crippen MR) is 90.2 cm³/mol. The molecule has 4 heteroatoms. The number of carboxylic acid groups (broad SMARTS) is 1. The first-order valence-electron chi connectivity index (χ1n) is 9.54. The Morgan fingerprint density at radius 3 is 1.87 bits per heavy atom. The number of aliphatic hydroxyl groups excluding tert-OH is 2. The van der Waals surface area contributed by atoms with Gasteiger partial charge in [-0.2, -0.15) is 0 Å². The van der Waals surface area contributed by atoms with E-state index in [1.165, 1.54) is 19.3 Å². The molecule has 1 atom stereocenters. The van der Waals surface area contributed by atoms with Crippen molar-refractivity contribution >= 4 is 5.97 Å². The van der Waals surface area contributed by atoms with Crippen molar-refractivity contribution in [2.75, 3.05) is 6.61 Å². The predicted octanol–water partition coefficient (Wildman–Crippen LogP) is 3.89. The second kappa shape index (κ2) is 8.48. The highest BCUT2D eigenvalue weighted by molar-refractivity contribution is 5.77. The SMILES string of the molecule is O=C(O)C1(CCCCCC(O)CCCCCC2(CO)CC2)CC1. The van der Waals surface area contributed by atoms with E-state index >= 15 is 0 Å². The molecule has 2 fully saturated rings. The molecule has 0 spiro atoms. The van der Waals surface area contributed by atoms with Crippen molar-refractivity contribution in [1.29, 1.82) is 0 Å². The lowest BCUT2D eigenvalue weighted by Gasteiger charge is -2.13. The Morgan fingerprint density at radius 1 is 0.870 bits per heavy atom. The van der Waals surface area contributed by atoms with Crippen LogP contribution in [0, 0.1) is 10.8 Å². The summed E-state index contributed by atoms with van der Waals surface area (Å²) in [6.45, 7) is 0.346. The summed E-state index contributed by atoms with van der Waals surface area (Å²) in [5, 5.41) is 28.4. The fraction of sp³-hybridized carbons (Fsp3) is 0.947. The van der Waals surface area contributed by atoms with E-state index in [2.05, 4.69) is 0 Å². The van der Waals surface area contributed by atoms with Gasteiger partial charge in [0.05, 0.1) is 11.5 Å². The molecule has 1 unspecified atom stereocenters. The molecule has 23 heavy (non-hydrogen) atoms. The first kappa shape index (κ1) is 18.7. The van der Waals surface area contributed by atoms with E-state index in [0.29, 0.717) is 6.61 Å². The molecular weight excluding hydrogens is 292 g/mol. The zero-order chi connectivity index (χ0) is 16.8. The van der Waals surface area contributed by atoms with Crippen molar-refractivity contribution in [3.8, 4) is 0 Å². The summed E-state index contributed by atoms with van der Waals surface area (Å²) in [6.07, 6.45) is 14.0. The third-order valence-electron chi connectivity index (χ3n) is 6.04. The molecule has 0 aromatic carbocycles. The number of hydrogen-bond acceptors (Lipinski definition) is 3. The number of rotatable bonds is 14. The zero-order valence-corrected chi connectivity index (χ0v) is 14.4. The normalized spacial score (nSPS) is 21.8. The van der Waals surface area contributed by atoms with Crippen molar-refractivity contribution in [2.45, 2.75) is 96.0 Å². The van der Waals surface area contributed by atoms with Gasteiger partial charge in [0.1, 0.15) is 0 Å². The van der Waals surface area contributed by atoms with Crippen molar-refractivity contribution in [1.82, 2.24) is 0 Å². The summed E-state index contributed by atoms with van der Waals surface area (Å²) in [6, 6.07) is 0. The lowest BCUT2D eigenvalue weighted by Crippen LogP contribution is -2.14. The second-order valence-electron chi connectivity index (χ2n) is 8.10. The third kappa shape index (κ3) is 6.07. The Labute approximate surface area is 140 Å². The van der Waals surface area contributed by atoms with Crippen LogP contribution in [0.2, 0.25) is 0 Å². The highest BCUT2D eigenvalue weighted by Gasteiger charge is 2.49. The summed E-state index contributed by atoms with van der Waals surface area (Å²) in [5.41, 5.74) is -0.112. The molecule has 134 valence electrons. The number of aliphatic hydroxyl groups is 2. The number of hydrogen-bond donors (Lipinski definition) is 3. The fourth-order valence-electron chi connectivity index (χ4n) is 3.61. The summed E-state index contributed by atoms with van der Waals surface area (Å²) in [5.74, 6) is -0.619. The van der Waals surface area contributed by atoms with E-state index < -0.39 is 5.97 Å². The largest absolute Gasteiger partial charge is 0.481 e. The van der Waals surface area contributed by atoms with Gasteiger partial charge in [-0.15, -0.1) is 0 Å². The van der Waals surface area contributed by atoms with Crippen molar-refractivity contribution in [3.05, 3.63) is 0 Å². The van der Waals surface area contributed by atoms with Gasteiger partial charge in [-0.05, 0) is 56.8 Å². The molecule has 2 aliphatic carbocycles. The van der Waals surface area contributed by atoms with Crippen molar-refractivity contribution in [3.63, 3.8) is 0 Å². The van der Waals surface area contributed by atoms with Gasteiger partial charge in [0.15, 0.2) is 0 Å². The molecule has 2 aliphatic rings. The van der Waals surface area contributed by atoms with Gasteiger partial charge >= 0.3 is 5.97 Å². The Hall–Kier alpha value is -0.610. The van der Waals surface area contributed by atoms with Crippen LogP contribution >= 0.6 is 0 Å². The van der Waals surface area contributed by atoms with Crippen LogP contribution < -0.4 is 0 Å². The van der Waals surface area contributed by atoms with Crippen LogP contribution in [0.3, 0.4) is 0 Å². The minimum atomic E-state index is -0.619. The molecule has 0 heterocycles. The smallest absolute Gasteiger partial charge is 0.309 e. The van der Waals surface area contributed by atoms with Gasteiger partial charge in [0, 0.05) is 6.61 Å². The number of aliphatic carboxylic acids is 1. The highest BCUT2D eigenvalue weighted by atomic mass is 16.4. The molecule has 0 aliphatic heterocycles. The van der Waals surface area contributed by atoms with Crippen LogP contribution in [-0.2, 0) is 4.79 Å². The minimum Gasteiger partial charge on any atom is -0.481 e. The highest BCUT2D eigenvalue weighted by Crippen LogP contribution is 2.50. The maximum absolute atomic E-state index is 11.1. The lowest BCUT2D eigenvalue weighted by atomic mass is 9.96. The standard InChI is InChI=1S/C19H34O4/c20-15-18(11-12-18)9-5-1-3-7-16(21)8-4-2-6-10-19(13-14-19)17(22)23/h16,20-21H,1-15H2,(H,22,23). The van der Waals surface area contributed by atoms with E-state index in [1.807, 2.05) is 0 Å². The van der Waals surface area contributed by atoms with Gasteiger partial charge in [-0.3, -0.25) is 4.79 Å². The topological polar surface area (TPSA) is 77.8 Å². The molecular formula is C19H34O4. The first-order valence-corrected chi connectivity index (χ1v) is 9.54. The summed E-state index contributed by atoms with van der Waals surface area (Å²) >= 11 is 0. The lowest BCUT2D eigenvalue weighted by molar-refractivity contribution is -0.143. The van der Waals surface area contributed by atoms with Crippen molar-refractivity contribution in [2.24, 2.45) is 10.8 Å². The van der Waals surface area contributed by atoms with Gasteiger partial charge in [-0.1, -0.05) is 38.5 Å². The Balaban J connectivity index is 1.38. The van der Waals surface area contributed by atoms with Crippen LogP contribution in [0.15, 0.2) is 0 Å². The van der Waals surface area contributed by atoms with Gasteiger partial charge in [-0.25, -0.2) is 0 Å². The first-order chi connectivity index (χ1) is 11.0. The Bertz CT molecular complexity index is 372. The minimum absolute atomic E-state index is 0.197. The maximum Gasteiger partial charge on any atom is 0.309 e. The molecule has 0 saturated heterocycles. The van der Waals surface area contributed by atoms with E-state index in [1.54, 1.807) is 0 Å². The van der Waals surface area contributed by atoms with E-state index in [0.717, 1.165) is 70.6 Å². The molecule has 0 aromatic heterocycles. The third-order valence-corrected chi connectivity index (χ3v) is 6.04. The molecule has 0 bridgehead atoms. The van der Waals surface area contributed by atoms with Crippen molar-refractivity contribution < 1.29 is 20.1 Å². The van der Waals surface area contributed by atoms with Gasteiger partial charge in [0.25, 0.3) is 0 Å². The zero-order valence-electron chi connectivity index (χ0n) is 14.4. The summed E-state index contributed by atoms with van der Waals surface area (Å²) < 4.78 is 0. The Morgan fingerprint density at radius 2 is 1.43 bits per heavy atom. The number of carbonyl (C=O) groups is 1. The molecule has 4 nitrogen and oxygen atoms in total. The van der Waals surface area contributed by atoms with E-state index in [4.69, 9.17) is 5.11 Å². The second-order valence-corrected chi connectivity index (χ2v) is 8.10. The van der Waals surface area contributed by atoms with Crippen LogP contribution in [0.25, 0.3) is 0 Å². The van der Waals surface area contributed by atoms with Gasteiger partial charge < -0.3 is 15.3 Å². The summed E-state index contributed by atoms with van der Waals surface area (Å²) in [4.78, 5) is 11.1. The van der Waals surface area contributed by atoms with Crippen LogP contribution in [0.5, 0.6) is 0 Å². The molecule has 3 N–H and O–H groups in total. The van der Waals surface area contributed by atoms with E-state index in [-0.39, 0.29) is 16.9 Å². The molecule has 0 aromatic rings. The van der Waals surface area contributed by atoms with Crippen LogP contribution in [-0.4, -0.2) is 34.0 Å². The molecule has 0 radical (unpaired) electrons. The average Bonchev–Trinajstić information content (AvgIpc) is 3.42. The van der Waals surface area contributed by atoms with Crippen LogP contribution in [0.4, 0.5) is 0 Å². The fourth-order valence-corrected chi connectivity index (χ4v) is 3.61. The Kier molecular flexibility index (Phi) is 6.90. The maximum atomic E-state index is 11.1. The van der Waals surface area contributed by atoms with Gasteiger partial charge in [0.2, 0.25) is 0 Å². The monoisotopic (exact) mass is 326 g/mol. The average molecular weight is 326 g/mol. The van der Waals surface area contributed by atoms with Crippen LogP contribution in [0.1, 0.15) is 89.9 Å². The number of unbranched alkanes of at least 4 members (excludes halogenated alkanes) is 4. The molecule has 2 rings (SSSR count). The van der Waals surface area contributed by atoms with E-state index in [9.17, 15) is 15.0 Å². The molecule has 2 saturated carbocycles. The number of carboxylic acids is 1. The quantitative estimate of drug-likeness (QED) is 0.423.